The van der Waals surface area contributed by atoms with Crippen molar-refractivity contribution in [2.45, 2.75) is 33.1 Å². The number of carbonyl (C=O) groups is 3. The highest BCUT2D eigenvalue weighted by molar-refractivity contribution is 6.07. The molecule has 10 heteroatoms. The molecule has 176 valence electrons. The van der Waals surface area contributed by atoms with Gasteiger partial charge in [0.25, 0.3) is 11.8 Å². The molecule has 0 bridgehead atoms. The van der Waals surface area contributed by atoms with E-state index in [1.54, 1.807) is 38.1 Å². The van der Waals surface area contributed by atoms with E-state index in [4.69, 9.17) is 13.6 Å². The number of hydrogen-bond donors (Lipinski definition) is 3. The highest BCUT2D eigenvalue weighted by Crippen LogP contribution is 2.30. The Labute approximate surface area is 195 Å². The van der Waals surface area contributed by atoms with Crippen molar-refractivity contribution in [2.24, 2.45) is 5.10 Å². The number of nitrogens with zero attached hydrogens (tertiary/aromatic N) is 1. The Bertz CT molecular complexity index is 1290. The fraction of sp³-hybridized carbons (Fsp3) is 0.250. The molecule has 1 aliphatic rings. The zero-order chi connectivity index (χ0) is 24.2. The third-order valence-electron chi connectivity index (χ3n) is 5.57. The summed E-state index contributed by atoms with van der Waals surface area (Å²) in [5.74, 6) is 0.0428. The number of hydrazine groups is 1. The Balaban J connectivity index is 1.50. The second kappa shape index (κ2) is 9.65. The number of carbonyl (C=O) groups excluding carboxylic acids is 3. The maximum Gasteiger partial charge on any atom is 0.305 e. The summed E-state index contributed by atoms with van der Waals surface area (Å²) in [7, 11) is 1.49. The molecule has 4 rings (SSSR count). The summed E-state index contributed by atoms with van der Waals surface area (Å²) >= 11 is 0. The van der Waals surface area contributed by atoms with E-state index in [1.807, 2.05) is 0 Å². The number of furan rings is 2. The van der Waals surface area contributed by atoms with E-state index in [0.717, 1.165) is 6.42 Å². The van der Waals surface area contributed by atoms with Gasteiger partial charge in [0.2, 0.25) is 0 Å². The molecule has 0 unspecified atom stereocenters. The molecule has 0 saturated carbocycles. The first-order valence-corrected chi connectivity index (χ1v) is 10.7. The van der Waals surface area contributed by atoms with Crippen molar-refractivity contribution in [3.8, 4) is 5.75 Å². The quantitative estimate of drug-likeness (QED) is 0.497. The molecule has 1 aliphatic carbocycles. The lowest BCUT2D eigenvalue weighted by atomic mass is 9.93. The minimum atomic E-state index is -0.598. The van der Waals surface area contributed by atoms with Gasteiger partial charge in [-0.15, -0.1) is 0 Å². The second-order valence-electron chi connectivity index (χ2n) is 7.71. The van der Waals surface area contributed by atoms with E-state index in [1.165, 1.54) is 19.4 Å². The summed E-state index contributed by atoms with van der Waals surface area (Å²) in [6, 6.07) is 8.36. The van der Waals surface area contributed by atoms with Crippen LogP contribution in [0.2, 0.25) is 0 Å². The Morgan fingerprint density at radius 1 is 0.971 bits per heavy atom. The number of methoxy groups -OCH3 is 1. The number of hydrogen-bond acceptors (Lipinski definition) is 7. The van der Waals surface area contributed by atoms with Crippen LogP contribution in [-0.4, -0.2) is 30.5 Å². The fourth-order valence-electron chi connectivity index (χ4n) is 3.87. The number of aryl methyl sites for hydroxylation is 2. The minimum absolute atomic E-state index is 0.0693. The molecular weight excluding hydrogens is 440 g/mol. The SMILES string of the molecule is COc1ccccc1C(=O)N/N=C1\CCCc2oc(C(=O)NNC(=O)c3ccoc3C)c(C)c21. The van der Waals surface area contributed by atoms with Crippen molar-refractivity contribution in [3.63, 3.8) is 0 Å². The van der Waals surface area contributed by atoms with Gasteiger partial charge in [0.15, 0.2) is 5.76 Å². The highest BCUT2D eigenvalue weighted by Gasteiger charge is 2.28. The van der Waals surface area contributed by atoms with E-state index >= 15 is 0 Å². The molecule has 0 radical (unpaired) electrons. The number of para-hydroxylation sites is 1. The van der Waals surface area contributed by atoms with Gasteiger partial charge in [-0.05, 0) is 44.9 Å². The molecule has 34 heavy (non-hydrogen) atoms. The molecule has 0 saturated heterocycles. The summed E-state index contributed by atoms with van der Waals surface area (Å²) in [5, 5.41) is 4.32. The zero-order valence-corrected chi connectivity index (χ0v) is 19.0. The standard InChI is InChI=1S/C24H24N4O6/c1-13-20-17(25-26-23(30)16-7-4-5-9-18(16)32-3)8-6-10-19(20)34-21(13)24(31)28-27-22(29)15-11-12-33-14(15)2/h4-5,7,9,11-12H,6,8,10H2,1-3H3,(H,26,30)(H,27,29)(H,28,31)/b25-17+. The molecular formula is C24H24N4O6. The van der Waals surface area contributed by atoms with Gasteiger partial charge < -0.3 is 13.6 Å². The average Bonchev–Trinajstić information content (AvgIpc) is 3.44. The van der Waals surface area contributed by atoms with Crippen LogP contribution in [-0.2, 0) is 6.42 Å². The molecule has 3 amide bonds. The number of ether oxygens (including phenoxy) is 1. The Kier molecular flexibility index (Phi) is 6.48. The van der Waals surface area contributed by atoms with Crippen LogP contribution in [0.5, 0.6) is 5.75 Å². The molecule has 2 heterocycles. The number of rotatable bonds is 5. The molecule has 2 aromatic heterocycles. The van der Waals surface area contributed by atoms with Crippen LogP contribution in [0.3, 0.4) is 0 Å². The normalized spacial score (nSPS) is 13.8. The molecule has 0 fully saturated rings. The lowest BCUT2D eigenvalue weighted by molar-refractivity contribution is 0.0828. The fourth-order valence-corrected chi connectivity index (χ4v) is 3.87. The van der Waals surface area contributed by atoms with Crippen molar-refractivity contribution >= 4 is 23.4 Å². The smallest absolute Gasteiger partial charge is 0.305 e. The topological polar surface area (TPSA) is 135 Å². The van der Waals surface area contributed by atoms with Crippen LogP contribution in [0.15, 0.2) is 50.5 Å². The maximum atomic E-state index is 12.7. The van der Waals surface area contributed by atoms with Crippen molar-refractivity contribution in [1.82, 2.24) is 16.3 Å². The van der Waals surface area contributed by atoms with Gasteiger partial charge in [-0.3, -0.25) is 25.2 Å². The van der Waals surface area contributed by atoms with Crippen molar-refractivity contribution < 1.29 is 28.0 Å². The third kappa shape index (κ3) is 4.42. The van der Waals surface area contributed by atoms with Gasteiger partial charge in [-0.1, -0.05) is 12.1 Å². The first-order valence-electron chi connectivity index (χ1n) is 10.7. The van der Waals surface area contributed by atoms with Crippen molar-refractivity contribution in [1.29, 1.82) is 0 Å². The molecule has 10 nitrogen and oxygen atoms in total. The molecule has 0 spiro atoms. The summed E-state index contributed by atoms with van der Waals surface area (Å²) in [4.78, 5) is 37.5. The van der Waals surface area contributed by atoms with Crippen molar-refractivity contribution in [2.75, 3.05) is 7.11 Å². The lowest BCUT2D eigenvalue weighted by Gasteiger charge is -2.14. The number of benzene rings is 1. The Morgan fingerprint density at radius 3 is 2.47 bits per heavy atom. The van der Waals surface area contributed by atoms with Gasteiger partial charge in [0.1, 0.15) is 17.3 Å². The minimum Gasteiger partial charge on any atom is -0.496 e. The first-order chi connectivity index (χ1) is 16.4. The predicted octanol–water partition coefficient (Wildman–Crippen LogP) is 3.04. The summed E-state index contributed by atoms with van der Waals surface area (Å²) in [6.07, 6.45) is 3.38. The zero-order valence-electron chi connectivity index (χ0n) is 19.0. The van der Waals surface area contributed by atoms with Gasteiger partial charge >= 0.3 is 5.91 Å². The van der Waals surface area contributed by atoms with Crippen LogP contribution >= 0.6 is 0 Å². The van der Waals surface area contributed by atoms with E-state index in [-0.39, 0.29) is 5.76 Å². The van der Waals surface area contributed by atoms with E-state index in [2.05, 4.69) is 21.4 Å². The summed E-state index contributed by atoms with van der Waals surface area (Å²) in [6.45, 7) is 3.39. The molecule has 3 N–H and O–H groups in total. The van der Waals surface area contributed by atoms with Gasteiger partial charge in [0.05, 0.1) is 30.2 Å². The molecule has 3 aromatic rings. The van der Waals surface area contributed by atoms with E-state index in [9.17, 15) is 14.4 Å². The Morgan fingerprint density at radius 2 is 1.74 bits per heavy atom. The largest absolute Gasteiger partial charge is 0.496 e. The summed E-state index contributed by atoms with van der Waals surface area (Å²) < 4.78 is 16.1. The van der Waals surface area contributed by atoms with Gasteiger partial charge in [-0.2, -0.15) is 5.10 Å². The lowest BCUT2D eigenvalue weighted by Crippen LogP contribution is -2.41. The number of hydrazone groups is 1. The monoisotopic (exact) mass is 464 g/mol. The first kappa shape index (κ1) is 22.8. The molecule has 0 aliphatic heterocycles. The highest BCUT2D eigenvalue weighted by atomic mass is 16.5. The van der Waals surface area contributed by atoms with Gasteiger partial charge in [-0.25, -0.2) is 5.43 Å². The van der Waals surface area contributed by atoms with Gasteiger partial charge in [0, 0.05) is 17.5 Å². The van der Waals surface area contributed by atoms with E-state index < -0.39 is 17.7 Å². The number of fused-ring (bicyclic) bond motifs is 1. The van der Waals surface area contributed by atoms with Crippen LogP contribution < -0.4 is 21.0 Å². The predicted molar refractivity (Wildman–Crippen MR) is 122 cm³/mol. The number of amides is 3. The van der Waals surface area contributed by atoms with E-state index in [0.29, 0.717) is 58.1 Å². The summed E-state index contributed by atoms with van der Waals surface area (Å²) in [5.41, 5.74) is 9.84. The maximum absolute atomic E-state index is 12.7. The molecule has 1 aromatic carbocycles. The second-order valence-corrected chi connectivity index (χ2v) is 7.71. The van der Waals surface area contributed by atoms with Crippen molar-refractivity contribution in [3.05, 3.63) is 76.1 Å². The van der Waals surface area contributed by atoms with Crippen LogP contribution in [0.4, 0.5) is 0 Å². The van der Waals surface area contributed by atoms with Crippen LogP contribution in [0.25, 0.3) is 0 Å². The third-order valence-corrected chi connectivity index (χ3v) is 5.57. The van der Waals surface area contributed by atoms with Crippen LogP contribution in [0, 0.1) is 13.8 Å². The number of nitrogens with one attached hydrogen (secondary N) is 3. The Hall–Kier alpha value is -4.34. The van der Waals surface area contributed by atoms with Crippen LogP contribution in [0.1, 0.15) is 66.8 Å². The average molecular weight is 464 g/mol. The molecule has 0 atom stereocenters.